The summed E-state index contributed by atoms with van der Waals surface area (Å²) in [6.45, 7) is 8.80. The molecule has 0 bridgehead atoms. The van der Waals surface area contributed by atoms with E-state index in [4.69, 9.17) is 4.74 Å². The summed E-state index contributed by atoms with van der Waals surface area (Å²) in [5.74, 6) is 0.291. The maximum Gasteiger partial charge on any atom is 0.235 e. The Balaban J connectivity index is 1.77. The Morgan fingerprint density at radius 2 is 2.18 bits per heavy atom. The van der Waals surface area contributed by atoms with Gasteiger partial charge in [0.15, 0.2) is 0 Å². The van der Waals surface area contributed by atoms with Gasteiger partial charge >= 0.3 is 0 Å². The fourth-order valence-corrected chi connectivity index (χ4v) is 3.17. The lowest BCUT2D eigenvalue weighted by Crippen LogP contribution is -2.56. The number of hydrogen-bond donors (Lipinski definition) is 1. The summed E-state index contributed by atoms with van der Waals surface area (Å²) >= 11 is 0. The Morgan fingerprint density at radius 1 is 1.45 bits per heavy atom. The quantitative estimate of drug-likeness (QED) is 0.739. The normalized spacial score (nSPS) is 26.2. The molecule has 1 aliphatic carbocycles. The fourth-order valence-electron chi connectivity index (χ4n) is 3.17. The molecule has 0 aromatic heterocycles. The summed E-state index contributed by atoms with van der Waals surface area (Å²) < 4.78 is 5.13. The number of hydrogen-bond acceptors (Lipinski definition) is 5. The van der Waals surface area contributed by atoms with E-state index in [1.165, 1.54) is 0 Å². The summed E-state index contributed by atoms with van der Waals surface area (Å²) in [5.41, 5.74) is -0.691. The molecule has 0 radical (unpaired) electrons. The van der Waals surface area contributed by atoms with Crippen LogP contribution in [0.3, 0.4) is 0 Å². The fraction of sp³-hybridized carbons (Fsp3) is 0.875. The molecule has 6 nitrogen and oxygen atoms in total. The van der Waals surface area contributed by atoms with Gasteiger partial charge in [0, 0.05) is 39.3 Å². The standard InChI is InChI=1S/C16H28N4O2/c1-13-10-19(6-7-20(13)8-9-22-3)11-15(21)18-16(2,12-17)14-4-5-14/h13-14H,4-11H2,1-3H3,(H,18,21)/t13-,16+/m0/s1. The van der Waals surface area contributed by atoms with Crippen LogP contribution in [-0.4, -0.2) is 73.7 Å². The average Bonchev–Trinajstić information content (AvgIpc) is 3.31. The number of nitrogens with one attached hydrogen (secondary N) is 1. The first kappa shape index (κ1) is 17.2. The van der Waals surface area contributed by atoms with E-state index in [9.17, 15) is 10.1 Å². The number of amides is 1. The minimum Gasteiger partial charge on any atom is -0.383 e. The number of methoxy groups -OCH3 is 1. The highest BCUT2D eigenvalue weighted by molar-refractivity contribution is 5.79. The van der Waals surface area contributed by atoms with Gasteiger partial charge in [0.25, 0.3) is 0 Å². The van der Waals surface area contributed by atoms with Crippen LogP contribution in [0.5, 0.6) is 0 Å². The molecule has 1 amide bonds. The van der Waals surface area contributed by atoms with Gasteiger partial charge in [-0.1, -0.05) is 0 Å². The molecular formula is C16H28N4O2. The lowest BCUT2D eigenvalue weighted by atomic mass is 9.98. The number of rotatable bonds is 7. The predicted molar refractivity (Wildman–Crippen MR) is 84.2 cm³/mol. The Hall–Kier alpha value is -1.16. The number of nitriles is 1. The van der Waals surface area contributed by atoms with Crippen LogP contribution in [0.25, 0.3) is 0 Å². The van der Waals surface area contributed by atoms with E-state index in [-0.39, 0.29) is 5.91 Å². The van der Waals surface area contributed by atoms with Gasteiger partial charge in [-0.25, -0.2) is 0 Å². The van der Waals surface area contributed by atoms with Crippen molar-refractivity contribution in [3.05, 3.63) is 0 Å². The van der Waals surface area contributed by atoms with Crippen LogP contribution in [0.4, 0.5) is 0 Å². The van der Waals surface area contributed by atoms with Gasteiger partial charge in [-0.3, -0.25) is 14.6 Å². The molecule has 2 aliphatic rings. The summed E-state index contributed by atoms with van der Waals surface area (Å²) in [4.78, 5) is 16.8. The van der Waals surface area contributed by atoms with E-state index in [0.29, 0.717) is 18.5 Å². The maximum absolute atomic E-state index is 12.2. The van der Waals surface area contributed by atoms with Gasteiger partial charge in [-0.2, -0.15) is 5.26 Å². The van der Waals surface area contributed by atoms with Gasteiger partial charge in [0.05, 0.1) is 19.2 Å². The Labute approximate surface area is 133 Å². The van der Waals surface area contributed by atoms with Crippen molar-refractivity contribution in [2.45, 2.75) is 38.3 Å². The topological polar surface area (TPSA) is 68.6 Å². The van der Waals surface area contributed by atoms with Crippen LogP contribution in [0.2, 0.25) is 0 Å². The van der Waals surface area contributed by atoms with Crippen molar-refractivity contribution in [1.82, 2.24) is 15.1 Å². The van der Waals surface area contributed by atoms with Crippen molar-refractivity contribution in [2.75, 3.05) is 46.4 Å². The molecular weight excluding hydrogens is 280 g/mol. The molecule has 1 saturated heterocycles. The van der Waals surface area contributed by atoms with Crippen LogP contribution in [0.1, 0.15) is 26.7 Å². The first-order valence-electron chi connectivity index (χ1n) is 8.16. The van der Waals surface area contributed by atoms with Gasteiger partial charge in [-0.15, -0.1) is 0 Å². The first-order valence-corrected chi connectivity index (χ1v) is 8.16. The summed E-state index contributed by atoms with van der Waals surface area (Å²) in [6, 6.07) is 2.69. The molecule has 2 rings (SSSR count). The monoisotopic (exact) mass is 308 g/mol. The summed E-state index contributed by atoms with van der Waals surface area (Å²) in [5, 5.41) is 12.3. The molecule has 1 heterocycles. The van der Waals surface area contributed by atoms with Gasteiger partial charge in [-0.05, 0) is 32.6 Å². The molecule has 1 N–H and O–H groups in total. The molecule has 0 unspecified atom stereocenters. The third-order valence-electron chi connectivity index (χ3n) is 4.82. The third-order valence-corrected chi connectivity index (χ3v) is 4.82. The molecule has 2 atom stereocenters. The summed E-state index contributed by atoms with van der Waals surface area (Å²) in [7, 11) is 1.72. The highest BCUT2D eigenvalue weighted by Crippen LogP contribution is 2.39. The van der Waals surface area contributed by atoms with Crippen LogP contribution in [0.15, 0.2) is 0 Å². The Morgan fingerprint density at radius 3 is 2.73 bits per heavy atom. The minimum absolute atomic E-state index is 0.0338. The average molecular weight is 308 g/mol. The third kappa shape index (κ3) is 4.42. The van der Waals surface area contributed by atoms with E-state index in [0.717, 1.165) is 45.6 Å². The van der Waals surface area contributed by atoms with Gasteiger partial charge in [0.1, 0.15) is 5.54 Å². The highest BCUT2D eigenvalue weighted by Gasteiger charge is 2.43. The van der Waals surface area contributed by atoms with Crippen LogP contribution < -0.4 is 5.32 Å². The zero-order valence-corrected chi connectivity index (χ0v) is 14.0. The van der Waals surface area contributed by atoms with Crippen molar-refractivity contribution in [3.63, 3.8) is 0 Å². The van der Waals surface area contributed by atoms with E-state index < -0.39 is 5.54 Å². The Kier molecular flexibility index (Phi) is 5.79. The minimum atomic E-state index is -0.691. The first-order chi connectivity index (χ1) is 10.5. The predicted octanol–water partition coefficient (Wildman–Crippen LogP) is 0.447. The summed E-state index contributed by atoms with van der Waals surface area (Å²) in [6.07, 6.45) is 2.08. The SMILES string of the molecule is COCCN1CCN(CC(=O)N[C@](C)(C#N)C2CC2)C[C@@H]1C. The van der Waals surface area contributed by atoms with Crippen molar-refractivity contribution >= 4 is 5.91 Å². The Bertz CT molecular complexity index is 432. The maximum atomic E-state index is 12.2. The van der Waals surface area contributed by atoms with Crippen molar-refractivity contribution in [1.29, 1.82) is 5.26 Å². The van der Waals surface area contributed by atoms with Crippen molar-refractivity contribution < 1.29 is 9.53 Å². The van der Waals surface area contributed by atoms with Crippen molar-refractivity contribution in [3.8, 4) is 6.07 Å². The van der Waals surface area contributed by atoms with Crippen LogP contribution in [-0.2, 0) is 9.53 Å². The molecule has 22 heavy (non-hydrogen) atoms. The lowest BCUT2D eigenvalue weighted by molar-refractivity contribution is -0.124. The van der Waals surface area contributed by atoms with Gasteiger partial charge < -0.3 is 10.1 Å². The van der Waals surface area contributed by atoms with E-state index in [2.05, 4.69) is 28.1 Å². The zero-order chi connectivity index (χ0) is 16.2. The van der Waals surface area contributed by atoms with Crippen LogP contribution in [0, 0.1) is 17.2 Å². The second kappa shape index (κ2) is 7.40. The zero-order valence-electron chi connectivity index (χ0n) is 14.0. The number of piperazine rings is 1. The molecule has 2 fully saturated rings. The second-order valence-corrected chi connectivity index (χ2v) is 6.75. The number of nitrogens with zero attached hydrogens (tertiary/aromatic N) is 3. The number of ether oxygens (including phenoxy) is 1. The van der Waals surface area contributed by atoms with Crippen molar-refractivity contribution in [2.24, 2.45) is 5.92 Å². The van der Waals surface area contributed by atoms with E-state index in [1.807, 2.05) is 6.92 Å². The number of carbonyl (C=O) groups is 1. The molecule has 1 saturated carbocycles. The van der Waals surface area contributed by atoms with E-state index >= 15 is 0 Å². The molecule has 0 aromatic rings. The highest BCUT2D eigenvalue weighted by atomic mass is 16.5. The molecule has 0 spiro atoms. The van der Waals surface area contributed by atoms with Crippen LogP contribution >= 0.6 is 0 Å². The number of carbonyl (C=O) groups excluding carboxylic acids is 1. The second-order valence-electron chi connectivity index (χ2n) is 6.75. The van der Waals surface area contributed by atoms with E-state index in [1.54, 1.807) is 7.11 Å². The molecule has 6 heteroatoms. The molecule has 0 aromatic carbocycles. The molecule has 124 valence electrons. The smallest absolute Gasteiger partial charge is 0.235 e. The molecule has 1 aliphatic heterocycles. The largest absolute Gasteiger partial charge is 0.383 e. The van der Waals surface area contributed by atoms with Gasteiger partial charge in [0.2, 0.25) is 5.91 Å². The lowest BCUT2D eigenvalue weighted by Gasteiger charge is -2.39.